The van der Waals surface area contributed by atoms with Gasteiger partial charge >= 0.3 is 0 Å². The molecule has 4 rings (SSSR count). The van der Waals surface area contributed by atoms with E-state index >= 15 is 0 Å². The smallest absolute Gasteiger partial charge is 0.248 e. The average molecular weight is 512 g/mol. The normalized spacial score (nSPS) is 15.9. The lowest BCUT2D eigenvalue weighted by atomic mass is 10.0. The summed E-state index contributed by atoms with van der Waals surface area (Å²) >= 11 is 5.99. The molecule has 1 aliphatic heterocycles. The molecule has 7 nitrogen and oxygen atoms in total. The third-order valence-corrected chi connectivity index (χ3v) is 4.45. The summed E-state index contributed by atoms with van der Waals surface area (Å²) in [6, 6.07) is 15.2. The molecule has 2 aromatic carbocycles. The minimum Gasteiger partial charge on any atom is -0.493 e. The first-order valence-electron chi connectivity index (χ1n) is 8.56. The van der Waals surface area contributed by atoms with Gasteiger partial charge in [0.15, 0.2) is 5.96 Å². The molecule has 0 fully saturated rings. The summed E-state index contributed by atoms with van der Waals surface area (Å²) in [5.41, 5.74) is 7.89. The first kappa shape index (κ1) is 20.4. The maximum Gasteiger partial charge on any atom is 0.248 e. The summed E-state index contributed by atoms with van der Waals surface area (Å²) < 4.78 is 10.9. The summed E-state index contributed by atoms with van der Waals surface area (Å²) in [6.45, 7) is 0.825. The van der Waals surface area contributed by atoms with E-state index in [0.29, 0.717) is 29.3 Å². The molecule has 28 heavy (non-hydrogen) atoms. The molecule has 1 unspecified atom stereocenters. The van der Waals surface area contributed by atoms with Gasteiger partial charge in [-0.1, -0.05) is 47.1 Å². The fraction of sp³-hybridized carbons (Fsp3) is 0.211. The van der Waals surface area contributed by atoms with Gasteiger partial charge in [-0.15, -0.1) is 24.0 Å². The van der Waals surface area contributed by atoms with E-state index in [4.69, 9.17) is 26.6 Å². The van der Waals surface area contributed by atoms with Gasteiger partial charge in [-0.25, -0.2) is 4.99 Å². The molecule has 0 spiro atoms. The highest BCUT2D eigenvalue weighted by Gasteiger charge is 2.21. The Morgan fingerprint density at radius 3 is 2.96 bits per heavy atom. The second-order valence-corrected chi connectivity index (χ2v) is 6.53. The maximum atomic E-state index is 6.04. The lowest BCUT2D eigenvalue weighted by molar-refractivity contribution is 0.262. The number of nitrogens with two attached hydrogens (primary N) is 1. The highest BCUT2D eigenvalue weighted by molar-refractivity contribution is 14.0. The number of halogens is 2. The van der Waals surface area contributed by atoms with Crippen LogP contribution in [-0.2, 0) is 6.54 Å². The number of nitrogens with one attached hydrogen (secondary N) is 1. The minimum absolute atomic E-state index is 0. The molecule has 1 aromatic heterocycles. The van der Waals surface area contributed by atoms with Gasteiger partial charge in [-0.05, 0) is 18.2 Å². The zero-order valence-corrected chi connectivity index (χ0v) is 17.9. The number of fused-ring (bicyclic) bond motifs is 1. The number of para-hydroxylation sites is 1. The molecule has 146 valence electrons. The van der Waals surface area contributed by atoms with Crippen LogP contribution in [0, 0.1) is 0 Å². The van der Waals surface area contributed by atoms with Gasteiger partial charge in [-0.2, -0.15) is 4.98 Å². The average Bonchev–Trinajstić information content (AvgIpc) is 3.16. The molecule has 0 saturated heterocycles. The topological polar surface area (TPSA) is 98.6 Å². The zero-order chi connectivity index (χ0) is 18.6. The number of guanidine groups is 1. The molecular weight excluding hydrogens is 493 g/mol. The predicted molar refractivity (Wildman–Crippen MR) is 118 cm³/mol. The molecular formula is C19H19ClIN5O2. The van der Waals surface area contributed by atoms with Gasteiger partial charge in [0.05, 0.1) is 12.6 Å². The van der Waals surface area contributed by atoms with Crippen LogP contribution in [0.4, 0.5) is 0 Å². The molecule has 0 amide bonds. The molecule has 3 aromatic rings. The van der Waals surface area contributed by atoms with Crippen LogP contribution < -0.4 is 15.8 Å². The van der Waals surface area contributed by atoms with E-state index in [1.807, 2.05) is 36.4 Å². The highest BCUT2D eigenvalue weighted by atomic mass is 127. The van der Waals surface area contributed by atoms with Crippen molar-refractivity contribution in [2.75, 3.05) is 6.61 Å². The second kappa shape index (κ2) is 9.24. The van der Waals surface area contributed by atoms with E-state index in [2.05, 4.69) is 20.4 Å². The molecule has 0 radical (unpaired) electrons. The van der Waals surface area contributed by atoms with Crippen LogP contribution >= 0.6 is 35.6 Å². The van der Waals surface area contributed by atoms with Crippen molar-refractivity contribution in [3.63, 3.8) is 0 Å². The summed E-state index contributed by atoms with van der Waals surface area (Å²) in [5.74, 6) is 2.03. The Labute approximate surface area is 184 Å². The van der Waals surface area contributed by atoms with Crippen molar-refractivity contribution in [2.24, 2.45) is 10.7 Å². The molecule has 1 atom stereocenters. The second-order valence-electron chi connectivity index (χ2n) is 6.10. The molecule has 3 N–H and O–H groups in total. The first-order valence-corrected chi connectivity index (χ1v) is 8.93. The Balaban J connectivity index is 0.00000225. The van der Waals surface area contributed by atoms with Gasteiger partial charge in [0.1, 0.15) is 12.3 Å². The Morgan fingerprint density at radius 2 is 2.11 bits per heavy atom. The number of nitrogens with zero attached hydrogens (tertiary/aromatic N) is 3. The standard InChI is InChI=1S/C19H18ClN5O2.HI/c20-13-5-3-4-12(10-13)18-24-17(27-25-18)11-22-19(21)23-15-8-9-26-16-7-2-1-6-14(15)16;/h1-7,10,15H,8-9,11H2,(H3,21,22,23);1H. The van der Waals surface area contributed by atoms with Crippen LogP contribution in [0.3, 0.4) is 0 Å². The number of ether oxygens (including phenoxy) is 1. The van der Waals surface area contributed by atoms with Crippen molar-refractivity contribution in [3.8, 4) is 17.1 Å². The highest BCUT2D eigenvalue weighted by Crippen LogP contribution is 2.31. The summed E-state index contributed by atoms with van der Waals surface area (Å²) in [6.07, 6.45) is 0.812. The predicted octanol–water partition coefficient (Wildman–Crippen LogP) is 3.94. The number of aliphatic imine (C=N–C) groups is 1. The van der Waals surface area contributed by atoms with Crippen LogP contribution in [0.25, 0.3) is 11.4 Å². The summed E-state index contributed by atoms with van der Waals surface area (Å²) in [5, 5.41) is 7.80. The van der Waals surface area contributed by atoms with Crippen molar-refractivity contribution in [1.29, 1.82) is 0 Å². The number of hydrogen-bond acceptors (Lipinski definition) is 5. The minimum atomic E-state index is 0. The van der Waals surface area contributed by atoms with Crippen LogP contribution in [0.5, 0.6) is 5.75 Å². The van der Waals surface area contributed by atoms with Gasteiger partial charge in [-0.3, -0.25) is 0 Å². The third-order valence-electron chi connectivity index (χ3n) is 4.22. The van der Waals surface area contributed by atoms with Gasteiger partial charge in [0.25, 0.3) is 0 Å². The van der Waals surface area contributed by atoms with E-state index in [0.717, 1.165) is 23.3 Å². The Kier molecular flexibility index (Phi) is 6.74. The zero-order valence-electron chi connectivity index (χ0n) is 14.8. The quantitative estimate of drug-likeness (QED) is 0.313. The van der Waals surface area contributed by atoms with Crippen molar-refractivity contribution in [3.05, 3.63) is 65.0 Å². The lowest BCUT2D eigenvalue weighted by Crippen LogP contribution is -2.37. The van der Waals surface area contributed by atoms with Crippen molar-refractivity contribution < 1.29 is 9.26 Å². The van der Waals surface area contributed by atoms with E-state index < -0.39 is 0 Å². The number of rotatable bonds is 4. The lowest BCUT2D eigenvalue weighted by Gasteiger charge is -2.26. The molecule has 2 heterocycles. The number of aromatic nitrogens is 2. The van der Waals surface area contributed by atoms with E-state index in [9.17, 15) is 0 Å². The Hall–Kier alpha value is -2.33. The molecule has 0 aliphatic carbocycles. The fourth-order valence-electron chi connectivity index (χ4n) is 2.93. The third kappa shape index (κ3) is 4.74. The van der Waals surface area contributed by atoms with E-state index in [1.165, 1.54) is 0 Å². The van der Waals surface area contributed by atoms with Crippen molar-refractivity contribution >= 4 is 41.5 Å². The summed E-state index contributed by atoms with van der Waals surface area (Å²) in [4.78, 5) is 8.64. The molecule has 9 heteroatoms. The SMILES string of the molecule is I.NC(=NCc1nc(-c2cccc(Cl)c2)no1)NC1CCOc2ccccc21. The largest absolute Gasteiger partial charge is 0.493 e. The number of hydrogen-bond donors (Lipinski definition) is 2. The van der Waals surface area contributed by atoms with Gasteiger partial charge in [0, 0.05) is 22.6 Å². The Morgan fingerprint density at radius 1 is 1.25 bits per heavy atom. The van der Waals surface area contributed by atoms with Gasteiger partial charge in [0.2, 0.25) is 11.7 Å². The van der Waals surface area contributed by atoms with E-state index in [-0.39, 0.29) is 36.6 Å². The first-order chi connectivity index (χ1) is 13.2. The summed E-state index contributed by atoms with van der Waals surface area (Å²) in [7, 11) is 0. The van der Waals surface area contributed by atoms with E-state index in [1.54, 1.807) is 12.1 Å². The van der Waals surface area contributed by atoms with Crippen molar-refractivity contribution in [2.45, 2.75) is 19.0 Å². The molecule has 1 aliphatic rings. The van der Waals surface area contributed by atoms with Crippen LogP contribution in [-0.4, -0.2) is 22.7 Å². The number of benzene rings is 2. The van der Waals surface area contributed by atoms with Gasteiger partial charge < -0.3 is 20.3 Å². The van der Waals surface area contributed by atoms with Crippen molar-refractivity contribution in [1.82, 2.24) is 15.5 Å². The van der Waals surface area contributed by atoms with Crippen LogP contribution in [0.2, 0.25) is 5.02 Å². The van der Waals surface area contributed by atoms with Crippen LogP contribution in [0.15, 0.2) is 58.0 Å². The Bertz CT molecular complexity index is 978. The fourth-order valence-corrected chi connectivity index (χ4v) is 3.12. The molecule has 0 bridgehead atoms. The monoisotopic (exact) mass is 511 g/mol. The maximum absolute atomic E-state index is 6.04. The van der Waals surface area contributed by atoms with Crippen LogP contribution in [0.1, 0.15) is 23.9 Å². The molecule has 0 saturated carbocycles.